The summed E-state index contributed by atoms with van der Waals surface area (Å²) in [5, 5.41) is 74.5. The zero-order valence-corrected chi connectivity index (χ0v) is 36.9. The minimum Gasteiger partial charge on any atom is -0.481 e. The molecule has 0 aromatic rings. The number of carbonyl (C=O) groups excluding carboxylic acids is 10. The Bertz CT molecular complexity index is 1830. The maximum Gasteiger partial charge on any atom is 0.328 e. The summed E-state index contributed by atoms with van der Waals surface area (Å²) < 4.78 is 0. The van der Waals surface area contributed by atoms with Crippen molar-refractivity contribution in [1.29, 1.82) is 0 Å². The molecule has 0 aromatic heterocycles. The van der Waals surface area contributed by atoms with E-state index in [0.717, 1.165) is 20.8 Å². The van der Waals surface area contributed by atoms with E-state index in [4.69, 9.17) is 22.3 Å². The van der Waals surface area contributed by atoms with Gasteiger partial charge in [0.25, 0.3) is 0 Å². The van der Waals surface area contributed by atoms with Crippen LogP contribution in [0.2, 0.25) is 0 Å². The lowest BCUT2D eigenvalue weighted by Gasteiger charge is -2.28. The van der Waals surface area contributed by atoms with Crippen molar-refractivity contribution in [3.8, 4) is 0 Å². The summed E-state index contributed by atoms with van der Waals surface area (Å²) in [7, 11) is 0. The highest BCUT2D eigenvalue weighted by Crippen LogP contribution is 2.09. The summed E-state index contributed by atoms with van der Waals surface area (Å²) >= 11 is 0. The maximum atomic E-state index is 13.8. The van der Waals surface area contributed by atoms with E-state index in [9.17, 15) is 87.9 Å². The van der Waals surface area contributed by atoms with Crippen molar-refractivity contribution in [2.75, 3.05) is 6.61 Å². The summed E-state index contributed by atoms with van der Waals surface area (Å²) in [5.41, 5.74) is 16.0. The average Bonchev–Trinajstić information content (AvgIpc) is 3.22. The molecule has 0 heterocycles. The molecule has 10 amide bonds. The fourth-order valence-electron chi connectivity index (χ4n) is 5.46. The van der Waals surface area contributed by atoms with Crippen molar-refractivity contribution in [2.24, 2.45) is 17.2 Å². The summed E-state index contributed by atoms with van der Waals surface area (Å²) in [5.74, 6) is -16.1. The number of aliphatic hydroxyl groups is 3. The molecule has 0 aromatic carbocycles. The number of primary amides is 2. The SMILES string of the molecule is C[C@H](N)C(=O)N[C@H](C(=O)N[C@@H](CCC(=O)O)C(=O)N[C@@H](CCC(=O)O)C(=O)N[C@@H](CCC(N)=O)C(=O)N[C@@H](CCC(N)=O)C(=O)N[C@H](C(=O)N[C@@H](C)C(=O)N[C@@H](CO)C(=O)O)[C@@H](C)O)[C@@H](C)O. The van der Waals surface area contributed by atoms with E-state index in [2.05, 4.69) is 37.2 Å². The van der Waals surface area contributed by atoms with E-state index in [0.29, 0.717) is 0 Å². The van der Waals surface area contributed by atoms with Gasteiger partial charge in [-0.25, -0.2) is 4.79 Å². The van der Waals surface area contributed by atoms with Crippen molar-refractivity contribution in [3.05, 3.63) is 0 Å². The number of nitrogens with two attached hydrogens (primary N) is 3. The number of aliphatic hydroxyl groups excluding tert-OH is 3. The number of carbonyl (C=O) groups is 13. The van der Waals surface area contributed by atoms with Gasteiger partial charge in [0.1, 0.15) is 48.3 Å². The van der Waals surface area contributed by atoms with Gasteiger partial charge in [-0.3, -0.25) is 57.5 Å². The van der Waals surface area contributed by atoms with Gasteiger partial charge in [-0.2, -0.15) is 0 Å². The van der Waals surface area contributed by atoms with Gasteiger partial charge in [-0.15, -0.1) is 0 Å². The molecule has 0 bridgehead atoms. The van der Waals surface area contributed by atoms with E-state index < -0.39 is 202 Å². The van der Waals surface area contributed by atoms with Crippen LogP contribution in [0.15, 0.2) is 0 Å². The lowest BCUT2D eigenvalue weighted by molar-refractivity contribution is -0.143. The number of carboxylic acids is 3. The molecule has 0 fully saturated rings. The Morgan fingerprint density at radius 3 is 1.01 bits per heavy atom. The Kier molecular flexibility index (Phi) is 26.4. The van der Waals surface area contributed by atoms with Crippen molar-refractivity contribution < 1.29 is 93.0 Å². The van der Waals surface area contributed by atoms with Crippen molar-refractivity contribution in [1.82, 2.24) is 42.5 Å². The van der Waals surface area contributed by atoms with Gasteiger partial charge in [0.2, 0.25) is 59.1 Å². The third-order valence-electron chi connectivity index (χ3n) is 9.27. The molecule has 67 heavy (non-hydrogen) atoms. The Hall–Kier alpha value is -7.05. The molecule has 0 saturated carbocycles. The standard InChI is InChI=1S/C37H61N11O19/c1-14(38)29(58)47-28(17(4)51)36(65)45-21(8-12-26(56)57)33(62)44-20(7-11-25(54)55)32(61)42-18(5-9-23(39)52)31(60)43-19(6-10-24(40)53)34(63)48-27(16(3)50)35(64)41-15(2)30(59)46-22(13-49)37(66)67/h14-22,27-28,49-51H,5-13,38H2,1-4H3,(H2,39,52)(H2,40,53)(H,41,64)(H,42,61)(H,43,60)(H,44,62)(H,45,65)(H,46,59)(H,47,58)(H,48,63)(H,54,55)(H,56,57)(H,66,67)/t14-,15-,16+,17+,18-,19-,20-,21-,22-,27-,28-/m0/s1. The van der Waals surface area contributed by atoms with Crippen LogP contribution in [0.1, 0.15) is 79.1 Å². The molecule has 30 heteroatoms. The first-order valence-electron chi connectivity index (χ1n) is 20.4. The first-order chi connectivity index (χ1) is 31.0. The van der Waals surface area contributed by atoms with Gasteiger partial charge in [0.15, 0.2) is 0 Å². The number of hydrogen-bond donors (Lipinski definition) is 17. The van der Waals surface area contributed by atoms with Crippen LogP contribution < -0.4 is 59.7 Å². The molecule has 0 spiro atoms. The molecule has 0 aliphatic heterocycles. The number of aliphatic carboxylic acids is 3. The highest BCUT2D eigenvalue weighted by atomic mass is 16.4. The minimum atomic E-state index is -1.90. The Balaban J connectivity index is 6.69. The summed E-state index contributed by atoms with van der Waals surface area (Å²) in [6.07, 6.45) is -8.73. The highest BCUT2D eigenvalue weighted by Gasteiger charge is 2.36. The zero-order chi connectivity index (χ0) is 51.9. The Labute approximate surface area is 381 Å². The topological polar surface area (TPSA) is 518 Å². The van der Waals surface area contributed by atoms with Crippen LogP contribution in [0.5, 0.6) is 0 Å². The molecule has 0 saturated heterocycles. The normalized spacial score (nSPS) is 15.8. The van der Waals surface area contributed by atoms with E-state index in [1.165, 1.54) is 6.92 Å². The first kappa shape index (κ1) is 59.9. The van der Waals surface area contributed by atoms with Crippen LogP contribution in [-0.2, 0) is 62.3 Å². The third kappa shape index (κ3) is 23.1. The van der Waals surface area contributed by atoms with Gasteiger partial charge < -0.3 is 90.4 Å². The van der Waals surface area contributed by atoms with Gasteiger partial charge in [-0.1, -0.05) is 0 Å². The first-order valence-corrected chi connectivity index (χ1v) is 20.4. The van der Waals surface area contributed by atoms with E-state index in [1.807, 2.05) is 5.32 Å². The van der Waals surface area contributed by atoms with E-state index in [-0.39, 0.29) is 0 Å². The molecule has 30 nitrogen and oxygen atoms in total. The van der Waals surface area contributed by atoms with E-state index in [1.54, 1.807) is 0 Å². The van der Waals surface area contributed by atoms with Crippen LogP contribution >= 0.6 is 0 Å². The lowest BCUT2D eigenvalue weighted by atomic mass is 10.0. The maximum absolute atomic E-state index is 13.8. The lowest BCUT2D eigenvalue weighted by Crippen LogP contribution is -2.62. The molecule has 378 valence electrons. The van der Waals surface area contributed by atoms with Crippen LogP contribution in [-0.4, -0.2) is 181 Å². The zero-order valence-electron chi connectivity index (χ0n) is 36.9. The number of rotatable bonds is 32. The molecule has 11 atom stereocenters. The fraction of sp³-hybridized carbons (Fsp3) is 0.649. The Morgan fingerprint density at radius 2 is 0.716 bits per heavy atom. The number of nitrogens with one attached hydrogen (secondary N) is 8. The highest BCUT2D eigenvalue weighted by molar-refractivity contribution is 5.98. The molecule has 0 unspecified atom stereocenters. The molecule has 20 N–H and O–H groups in total. The van der Waals surface area contributed by atoms with Gasteiger partial charge in [-0.05, 0) is 53.4 Å². The molecular formula is C37H61N11O19. The molecule has 0 aliphatic carbocycles. The molecular weight excluding hydrogens is 902 g/mol. The van der Waals surface area contributed by atoms with Crippen molar-refractivity contribution >= 4 is 77.0 Å². The van der Waals surface area contributed by atoms with Gasteiger partial charge >= 0.3 is 17.9 Å². The average molecular weight is 964 g/mol. The quantitative estimate of drug-likeness (QED) is 0.0298. The summed E-state index contributed by atoms with van der Waals surface area (Å²) in [4.78, 5) is 163. The second-order valence-electron chi connectivity index (χ2n) is 15.2. The number of carboxylic acid groups (broad SMARTS) is 3. The second kappa shape index (κ2) is 29.5. The smallest absolute Gasteiger partial charge is 0.328 e. The van der Waals surface area contributed by atoms with Gasteiger partial charge in [0.05, 0.1) is 24.9 Å². The number of hydrogen-bond acceptors (Lipinski definition) is 17. The third-order valence-corrected chi connectivity index (χ3v) is 9.27. The summed E-state index contributed by atoms with van der Waals surface area (Å²) in [6, 6.07) is -15.5. The second-order valence-corrected chi connectivity index (χ2v) is 15.2. The summed E-state index contributed by atoms with van der Waals surface area (Å²) in [6.45, 7) is 3.48. The van der Waals surface area contributed by atoms with Crippen LogP contribution in [0, 0.1) is 0 Å². The molecule has 0 aliphatic rings. The van der Waals surface area contributed by atoms with Crippen LogP contribution in [0.4, 0.5) is 0 Å². The largest absolute Gasteiger partial charge is 0.481 e. The minimum absolute atomic E-state index is 0.598. The van der Waals surface area contributed by atoms with Gasteiger partial charge in [0, 0.05) is 25.7 Å². The monoisotopic (exact) mass is 963 g/mol. The fourth-order valence-corrected chi connectivity index (χ4v) is 5.46. The Morgan fingerprint density at radius 1 is 0.418 bits per heavy atom. The molecule has 0 radical (unpaired) electrons. The van der Waals surface area contributed by atoms with Crippen molar-refractivity contribution in [3.63, 3.8) is 0 Å². The van der Waals surface area contributed by atoms with Crippen molar-refractivity contribution in [2.45, 2.75) is 146 Å². The van der Waals surface area contributed by atoms with E-state index >= 15 is 0 Å². The predicted octanol–water partition coefficient (Wildman–Crippen LogP) is -8.67. The number of amides is 10. The molecule has 0 rings (SSSR count). The predicted molar refractivity (Wildman–Crippen MR) is 223 cm³/mol. The van der Waals surface area contributed by atoms with Crippen LogP contribution in [0.25, 0.3) is 0 Å². The van der Waals surface area contributed by atoms with Crippen LogP contribution in [0.3, 0.4) is 0 Å².